The summed E-state index contributed by atoms with van der Waals surface area (Å²) in [5.41, 5.74) is 4.92. The Morgan fingerprint density at radius 3 is 2.29 bits per heavy atom. The molecule has 0 bridgehead atoms. The molecule has 3 heteroatoms. The van der Waals surface area contributed by atoms with Gasteiger partial charge in [0.1, 0.15) is 0 Å². The predicted octanol–water partition coefficient (Wildman–Crippen LogP) is 3.63. The predicted molar refractivity (Wildman–Crippen MR) is 86.5 cm³/mol. The summed E-state index contributed by atoms with van der Waals surface area (Å²) in [4.78, 5) is 0. The summed E-state index contributed by atoms with van der Waals surface area (Å²) in [5.74, 6) is 0. The molecule has 0 saturated carbocycles. The molecule has 0 spiro atoms. The number of para-hydroxylation sites is 1. The van der Waals surface area contributed by atoms with Crippen molar-refractivity contribution in [2.45, 2.75) is 19.6 Å². The van der Waals surface area contributed by atoms with Crippen LogP contribution < -0.4 is 5.32 Å². The van der Waals surface area contributed by atoms with Gasteiger partial charge >= 0.3 is 0 Å². The first-order valence-electron chi connectivity index (χ1n) is 7.21. The molecule has 0 heterocycles. The molecule has 0 amide bonds. The van der Waals surface area contributed by atoms with Crippen molar-refractivity contribution in [2.24, 2.45) is 0 Å². The van der Waals surface area contributed by atoms with E-state index in [9.17, 15) is 0 Å². The fraction of sp³-hybridized carbons (Fsp3) is 0.333. The maximum absolute atomic E-state index is 5.16. The van der Waals surface area contributed by atoms with Crippen molar-refractivity contribution in [1.82, 2.24) is 0 Å². The summed E-state index contributed by atoms with van der Waals surface area (Å²) >= 11 is 0. The zero-order valence-electron chi connectivity index (χ0n) is 12.8. The molecule has 0 radical (unpaired) electrons. The van der Waals surface area contributed by atoms with Crippen molar-refractivity contribution in [2.75, 3.05) is 26.1 Å². The minimum atomic E-state index is 0.660. The van der Waals surface area contributed by atoms with Gasteiger partial charge in [-0.25, -0.2) is 0 Å². The summed E-state index contributed by atoms with van der Waals surface area (Å²) in [5, 5.41) is 3.50. The summed E-state index contributed by atoms with van der Waals surface area (Å²) < 4.78 is 10.3. The van der Waals surface area contributed by atoms with E-state index in [0.29, 0.717) is 6.61 Å². The highest BCUT2D eigenvalue weighted by atomic mass is 16.5. The van der Waals surface area contributed by atoms with Crippen molar-refractivity contribution in [3.8, 4) is 0 Å². The van der Waals surface area contributed by atoms with Crippen LogP contribution in [-0.4, -0.2) is 20.8 Å². The van der Waals surface area contributed by atoms with Crippen LogP contribution in [0, 0.1) is 0 Å². The fourth-order valence-corrected chi connectivity index (χ4v) is 2.24. The smallest absolute Gasteiger partial charge is 0.0713 e. The van der Waals surface area contributed by atoms with E-state index in [4.69, 9.17) is 9.47 Å². The Bertz CT molecular complexity index is 537. The topological polar surface area (TPSA) is 30.5 Å². The zero-order valence-corrected chi connectivity index (χ0v) is 12.8. The van der Waals surface area contributed by atoms with Crippen molar-refractivity contribution < 1.29 is 9.47 Å². The number of hydrogen-bond acceptors (Lipinski definition) is 3. The van der Waals surface area contributed by atoms with Gasteiger partial charge in [0.25, 0.3) is 0 Å². The standard InChI is InChI=1S/C18H23NO2/c1-20-12-11-17-5-3-4-6-18(17)19-13-15-7-9-16(10-8-15)14-21-2/h3-10,19H,11-14H2,1-2H3. The van der Waals surface area contributed by atoms with Crippen molar-refractivity contribution in [3.63, 3.8) is 0 Å². The largest absolute Gasteiger partial charge is 0.384 e. The van der Waals surface area contributed by atoms with Gasteiger partial charge in [0.15, 0.2) is 0 Å². The van der Waals surface area contributed by atoms with E-state index >= 15 is 0 Å². The van der Waals surface area contributed by atoms with Crippen LogP contribution in [0.1, 0.15) is 16.7 Å². The van der Waals surface area contributed by atoms with Gasteiger partial charge in [0.05, 0.1) is 13.2 Å². The molecule has 0 atom stereocenters. The van der Waals surface area contributed by atoms with E-state index in [1.54, 1.807) is 14.2 Å². The van der Waals surface area contributed by atoms with Crippen molar-refractivity contribution >= 4 is 5.69 Å². The molecule has 0 saturated heterocycles. The van der Waals surface area contributed by atoms with Crippen LogP contribution in [0.5, 0.6) is 0 Å². The molecule has 112 valence electrons. The molecule has 0 aliphatic heterocycles. The first-order chi connectivity index (χ1) is 10.3. The molecule has 0 fully saturated rings. The second kappa shape index (κ2) is 8.45. The lowest BCUT2D eigenvalue weighted by molar-refractivity contribution is 0.185. The molecule has 2 aromatic carbocycles. The Kier molecular flexibility index (Phi) is 6.25. The highest BCUT2D eigenvalue weighted by Gasteiger charge is 2.01. The van der Waals surface area contributed by atoms with Gasteiger partial charge in [-0.3, -0.25) is 0 Å². The van der Waals surface area contributed by atoms with Gasteiger partial charge in [-0.05, 0) is 29.2 Å². The normalized spacial score (nSPS) is 10.6. The Labute approximate surface area is 126 Å². The van der Waals surface area contributed by atoms with E-state index in [2.05, 4.69) is 53.8 Å². The van der Waals surface area contributed by atoms with Crippen LogP contribution in [-0.2, 0) is 29.0 Å². The molecular formula is C18H23NO2. The minimum Gasteiger partial charge on any atom is -0.384 e. The van der Waals surface area contributed by atoms with Crippen LogP contribution in [0.4, 0.5) is 5.69 Å². The average Bonchev–Trinajstić information content (AvgIpc) is 2.53. The van der Waals surface area contributed by atoms with E-state index < -0.39 is 0 Å². The number of methoxy groups -OCH3 is 2. The molecule has 0 aliphatic rings. The van der Waals surface area contributed by atoms with Gasteiger partial charge in [-0.2, -0.15) is 0 Å². The van der Waals surface area contributed by atoms with Gasteiger partial charge in [-0.15, -0.1) is 0 Å². The number of benzene rings is 2. The first kappa shape index (κ1) is 15.5. The van der Waals surface area contributed by atoms with E-state index in [1.165, 1.54) is 22.4 Å². The number of rotatable bonds is 8. The Morgan fingerprint density at radius 2 is 1.57 bits per heavy atom. The average molecular weight is 285 g/mol. The number of hydrogen-bond donors (Lipinski definition) is 1. The first-order valence-corrected chi connectivity index (χ1v) is 7.21. The van der Waals surface area contributed by atoms with Crippen LogP contribution in [0.15, 0.2) is 48.5 Å². The molecule has 0 aromatic heterocycles. The van der Waals surface area contributed by atoms with Crippen LogP contribution in [0.2, 0.25) is 0 Å². The van der Waals surface area contributed by atoms with Crippen LogP contribution in [0.3, 0.4) is 0 Å². The Balaban J connectivity index is 1.96. The van der Waals surface area contributed by atoms with Gasteiger partial charge < -0.3 is 14.8 Å². The van der Waals surface area contributed by atoms with Gasteiger partial charge in [-0.1, -0.05) is 42.5 Å². The lowest BCUT2D eigenvalue weighted by Gasteiger charge is -2.12. The van der Waals surface area contributed by atoms with E-state index in [1.807, 2.05) is 0 Å². The highest BCUT2D eigenvalue weighted by molar-refractivity contribution is 5.51. The monoisotopic (exact) mass is 285 g/mol. The fourth-order valence-electron chi connectivity index (χ4n) is 2.24. The summed E-state index contributed by atoms with van der Waals surface area (Å²) in [7, 11) is 3.45. The summed E-state index contributed by atoms with van der Waals surface area (Å²) in [6, 6.07) is 16.9. The minimum absolute atomic E-state index is 0.660. The van der Waals surface area contributed by atoms with Crippen molar-refractivity contribution in [1.29, 1.82) is 0 Å². The van der Waals surface area contributed by atoms with Crippen LogP contribution >= 0.6 is 0 Å². The third-order valence-electron chi connectivity index (χ3n) is 3.41. The zero-order chi connectivity index (χ0) is 14.9. The second-order valence-corrected chi connectivity index (χ2v) is 5.00. The molecular weight excluding hydrogens is 262 g/mol. The summed E-state index contributed by atoms with van der Waals surface area (Å²) in [6.07, 6.45) is 0.923. The maximum Gasteiger partial charge on any atom is 0.0713 e. The summed E-state index contributed by atoms with van der Waals surface area (Å²) in [6.45, 7) is 2.22. The molecule has 2 aromatic rings. The number of ether oxygens (including phenoxy) is 2. The maximum atomic E-state index is 5.16. The number of nitrogens with one attached hydrogen (secondary N) is 1. The highest BCUT2D eigenvalue weighted by Crippen LogP contribution is 2.17. The molecule has 3 nitrogen and oxygen atoms in total. The van der Waals surface area contributed by atoms with E-state index in [0.717, 1.165) is 19.6 Å². The Morgan fingerprint density at radius 1 is 0.857 bits per heavy atom. The lowest BCUT2D eigenvalue weighted by Crippen LogP contribution is -2.04. The third-order valence-corrected chi connectivity index (χ3v) is 3.41. The quantitative estimate of drug-likeness (QED) is 0.803. The molecule has 0 aliphatic carbocycles. The van der Waals surface area contributed by atoms with Crippen molar-refractivity contribution in [3.05, 3.63) is 65.2 Å². The Hall–Kier alpha value is -1.84. The van der Waals surface area contributed by atoms with E-state index in [-0.39, 0.29) is 0 Å². The van der Waals surface area contributed by atoms with Gasteiger partial charge in [0, 0.05) is 26.5 Å². The lowest BCUT2D eigenvalue weighted by atomic mass is 10.1. The third kappa shape index (κ3) is 4.88. The van der Waals surface area contributed by atoms with Gasteiger partial charge in [0.2, 0.25) is 0 Å². The molecule has 0 unspecified atom stereocenters. The van der Waals surface area contributed by atoms with Crippen LogP contribution in [0.25, 0.3) is 0 Å². The molecule has 1 N–H and O–H groups in total. The SMILES string of the molecule is COCCc1ccccc1NCc1ccc(COC)cc1. The molecule has 2 rings (SSSR count). The molecule has 21 heavy (non-hydrogen) atoms. The number of anilines is 1. The second-order valence-electron chi connectivity index (χ2n) is 5.00.